The summed E-state index contributed by atoms with van der Waals surface area (Å²) < 4.78 is 34.5. The topological polar surface area (TPSA) is 108 Å². The average Bonchev–Trinajstić information content (AvgIpc) is 3.13. The van der Waals surface area contributed by atoms with E-state index in [0.29, 0.717) is 23.9 Å². The normalized spacial score (nSPS) is 14.6. The summed E-state index contributed by atoms with van der Waals surface area (Å²) in [7, 11) is 1.49. The van der Waals surface area contributed by atoms with Gasteiger partial charge in [-0.2, -0.15) is 0 Å². The monoisotopic (exact) mass is 819 g/mol. The molecule has 0 bridgehead atoms. The quantitative estimate of drug-likeness (QED) is 0.0281. The van der Waals surface area contributed by atoms with Crippen LogP contribution in [0.5, 0.6) is 0 Å². The standard InChI is InChI=1S/C46H92NO8P/c1-8-10-12-14-16-18-20-26-32-42(3)34-28-22-24-30-36-45(48)52-40-44(41-54-56(50,51)53-39-38-47(5,6)7)55-46(49)37-31-25-23-29-35-43(4)33-27-21-19-17-15-13-11-9-2/h42-44H,8-41H2,1-7H3/p+1. The van der Waals surface area contributed by atoms with Crippen molar-refractivity contribution >= 4 is 19.8 Å². The van der Waals surface area contributed by atoms with Crippen LogP contribution in [0.2, 0.25) is 0 Å². The van der Waals surface area contributed by atoms with E-state index in [9.17, 15) is 19.0 Å². The largest absolute Gasteiger partial charge is 0.472 e. The predicted octanol–water partition coefficient (Wildman–Crippen LogP) is 13.3. The highest BCUT2D eigenvalue weighted by molar-refractivity contribution is 7.47. The molecule has 0 aromatic heterocycles. The summed E-state index contributed by atoms with van der Waals surface area (Å²) in [5, 5.41) is 0. The number of ether oxygens (including phenoxy) is 2. The van der Waals surface area contributed by atoms with Gasteiger partial charge < -0.3 is 18.9 Å². The fourth-order valence-electron chi connectivity index (χ4n) is 7.04. The molecule has 0 rings (SSSR count). The first-order chi connectivity index (χ1) is 26.8. The Morgan fingerprint density at radius 1 is 0.536 bits per heavy atom. The van der Waals surface area contributed by atoms with E-state index < -0.39 is 26.5 Å². The summed E-state index contributed by atoms with van der Waals surface area (Å²) in [6.45, 7) is 9.17. The van der Waals surface area contributed by atoms with Crippen molar-refractivity contribution in [3.8, 4) is 0 Å². The molecule has 0 aromatic carbocycles. The number of rotatable bonds is 42. The van der Waals surface area contributed by atoms with Gasteiger partial charge in [0.25, 0.3) is 0 Å². The summed E-state index contributed by atoms with van der Waals surface area (Å²) in [6, 6.07) is 0. The van der Waals surface area contributed by atoms with E-state index in [-0.39, 0.29) is 25.6 Å². The second-order valence-electron chi connectivity index (χ2n) is 18.0. The first-order valence-corrected chi connectivity index (χ1v) is 25.0. The molecule has 0 aliphatic rings. The lowest BCUT2D eigenvalue weighted by atomic mass is 9.96. The highest BCUT2D eigenvalue weighted by Gasteiger charge is 2.27. The first kappa shape index (κ1) is 55.0. The number of carbonyl (C=O) groups is 2. The number of esters is 2. The van der Waals surface area contributed by atoms with Crippen LogP contribution in [0.25, 0.3) is 0 Å². The van der Waals surface area contributed by atoms with Crippen LogP contribution in [-0.4, -0.2) is 74.9 Å². The van der Waals surface area contributed by atoms with E-state index in [4.69, 9.17) is 18.5 Å². The zero-order valence-electron chi connectivity index (χ0n) is 38.0. The van der Waals surface area contributed by atoms with Crippen molar-refractivity contribution < 1.29 is 42.1 Å². The Morgan fingerprint density at radius 2 is 0.911 bits per heavy atom. The van der Waals surface area contributed by atoms with E-state index in [0.717, 1.165) is 50.4 Å². The summed E-state index contributed by atoms with van der Waals surface area (Å²) in [4.78, 5) is 35.6. The maximum absolute atomic E-state index is 12.8. The Bertz CT molecular complexity index is 958. The number of hydrogen-bond donors (Lipinski definition) is 1. The molecule has 9 nitrogen and oxygen atoms in total. The number of likely N-dealkylation sites (N-methyl/N-ethyl adjacent to an activating group) is 1. The minimum Gasteiger partial charge on any atom is -0.462 e. The zero-order chi connectivity index (χ0) is 41.8. The van der Waals surface area contributed by atoms with Crippen LogP contribution in [0.4, 0.5) is 0 Å². The summed E-state index contributed by atoms with van der Waals surface area (Å²) in [5.74, 6) is 0.706. The molecule has 0 aliphatic heterocycles. The molecule has 0 saturated heterocycles. The van der Waals surface area contributed by atoms with E-state index in [2.05, 4.69) is 27.7 Å². The van der Waals surface area contributed by atoms with E-state index in [1.807, 2.05) is 21.1 Å². The second kappa shape index (κ2) is 37.0. The number of nitrogens with zero attached hydrogens (tertiary/aromatic N) is 1. The van der Waals surface area contributed by atoms with Crippen LogP contribution in [-0.2, 0) is 32.7 Å². The lowest BCUT2D eigenvalue weighted by Crippen LogP contribution is -2.37. The van der Waals surface area contributed by atoms with Gasteiger partial charge in [-0.25, -0.2) is 4.57 Å². The van der Waals surface area contributed by atoms with Crippen molar-refractivity contribution in [2.45, 2.75) is 226 Å². The number of unbranched alkanes of at least 4 members (excludes halogenated alkanes) is 20. The number of phosphoric acid groups is 1. The predicted molar refractivity (Wildman–Crippen MR) is 234 cm³/mol. The Hall–Kier alpha value is -0.990. The summed E-state index contributed by atoms with van der Waals surface area (Å²) in [6.07, 6.45) is 34.3. The summed E-state index contributed by atoms with van der Waals surface area (Å²) in [5.41, 5.74) is 0. The zero-order valence-corrected chi connectivity index (χ0v) is 38.9. The first-order valence-electron chi connectivity index (χ1n) is 23.5. The highest BCUT2D eigenvalue weighted by Crippen LogP contribution is 2.43. The molecule has 56 heavy (non-hydrogen) atoms. The molecule has 4 unspecified atom stereocenters. The van der Waals surface area contributed by atoms with Crippen LogP contribution in [0.3, 0.4) is 0 Å². The van der Waals surface area contributed by atoms with E-state index in [1.54, 1.807) is 0 Å². The van der Waals surface area contributed by atoms with Gasteiger partial charge in [0.05, 0.1) is 27.7 Å². The van der Waals surface area contributed by atoms with Crippen molar-refractivity contribution in [2.24, 2.45) is 11.8 Å². The van der Waals surface area contributed by atoms with Gasteiger partial charge in [-0.15, -0.1) is 0 Å². The Kier molecular flexibility index (Phi) is 36.4. The Balaban J connectivity index is 4.44. The Labute approximate surface area is 346 Å². The van der Waals surface area contributed by atoms with Crippen molar-refractivity contribution in [3.63, 3.8) is 0 Å². The molecular formula is C46H93NO8P+. The molecule has 4 atom stereocenters. The molecule has 10 heteroatoms. The van der Waals surface area contributed by atoms with Gasteiger partial charge in [-0.1, -0.05) is 195 Å². The number of phosphoric ester groups is 1. The molecule has 1 N–H and O–H groups in total. The highest BCUT2D eigenvalue weighted by atomic mass is 31.2. The van der Waals surface area contributed by atoms with Crippen molar-refractivity contribution in [3.05, 3.63) is 0 Å². The van der Waals surface area contributed by atoms with Crippen LogP contribution in [0, 0.1) is 11.8 Å². The molecule has 0 aliphatic carbocycles. The number of carbonyl (C=O) groups excluding carboxylic acids is 2. The van der Waals surface area contributed by atoms with Crippen molar-refractivity contribution in [1.82, 2.24) is 0 Å². The number of hydrogen-bond acceptors (Lipinski definition) is 7. The lowest BCUT2D eigenvalue weighted by molar-refractivity contribution is -0.870. The third-order valence-electron chi connectivity index (χ3n) is 10.9. The van der Waals surface area contributed by atoms with Gasteiger partial charge in [-0.05, 0) is 24.7 Å². The number of quaternary nitrogens is 1. The minimum absolute atomic E-state index is 0.0346. The fraction of sp³-hybridized carbons (Fsp3) is 0.957. The summed E-state index contributed by atoms with van der Waals surface area (Å²) >= 11 is 0. The van der Waals surface area contributed by atoms with Crippen LogP contribution in [0.1, 0.15) is 220 Å². The van der Waals surface area contributed by atoms with Crippen molar-refractivity contribution in [1.29, 1.82) is 0 Å². The third kappa shape index (κ3) is 39.8. The molecule has 334 valence electrons. The maximum Gasteiger partial charge on any atom is 0.472 e. The molecule has 0 fully saturated rings. The van der Waals surface area contributed by atoms with Gasteiger partial charge in [0.2, 0.25) is 0 Å². The van der Waals surface area contributed by atoms with Crippen LogP contribution in [0.15, 0.2) is 0 Å². The minimum atomic E-state index is -4.37. The van der Waals surface area contributed by atoms with Gasteiger partial charge in [0.1, 0.15) is 19.8 Å². The molecular weight excluding hydrogens is 725 g/mol. The molecule has 0 amide bonds. The fourth-order valence-corrected chi connectivity index (χ4v) is 7.78. The molecule has 0 spiro atoms. The van der Waals surface area contributed by atoms with Crippen molar-refractivity contribution in [2.75, 3.05) is 47.5 Å². The molecule has 0 saturated carbocycles. The van der Waals surface area contributed by atoms with E-state index >= 15 is 0 Å². The molecule has 0 heterocycles. The average molecular weight is 819 g/mol. The van der Waals surface area contributed by atoms with Gasteiger partial charge in [0, 0.05) is 12.8 Å². The smallest absolute Gasteiger partial charge is 0.462 e. The second-order valence-corrected chi connectivity index (χ2v) is 19.5. The molecule has 0 radical (unpaired) electrons. The maximum atomic E-state index is 12.8. The molecule has 0 aromatic rings. The lowest BCUT2D eigenvalue weighted by Gasteiger charge is -2.24. The van der Waals surface area contributed by atoms with Gasteiger partial charge >= 0.3 is 19.8 Å². The third-order valence-corrected chi connectivity index (χ3v) is 11.9. The van der Waals surface area contributed by atoms with Crippen LogP contribution >= 0.6 is 7.82 Å². The van der Waals surface area contributed by atoms with Crippen LogP contribution < -0.4 is 0 Å². The Morgan fingerprint density at radius 3 is 1.32 bits per heavy atom. The van der Waals surface area contributed by atoms with Gasteiger partial charge in [-0.3, -0.25) is 18.6 Å². The van der Waals surface area contributed by atoms with E-state index in [1.165, 1.54) is 135 Å². The van der Waals surface area contributed by atoms with Gasteiger partial charge in [0.15, 0.2) is 6.10 Å². The SMILES string of the molecule is CCCCCCCCCCC(C)CCCCCCC(=O)OCC(COP(=O)(O)OCC[N+](C)(C)C)OC(=O)CCCCCCC(C)CCCCCCCCCC.